The molecule has 2 fully saturated rings. The van der Waals surface area contributed by atoms with Crippen molar-refractivity contribution in [2.75, 3.05) is 13.1 Å². The average Bonchev–Trinajstić information content (AvgIpc) is 3.14. The molecule has 2 N–H and O–H groups in total. The minimum atomic E-state index is -0.111. The summed E-state index contributed by atoms with van der Waals surface area (Å²) in [5, 5.41) is 4.43. The summed E-state index contributed by atoms with van der Waals surface area (Å²) in [6, 6.07) is 1.92. The van der Waals surface area contributed by atoms with Crippen molar-refractivity contribution >= 4 is 5.91 Å². The lowest BCUT2D eigenvalue weighted by atomic mass is 9.85. The number of amides is 1. The van der Waals surface area contributed by atoms with Gasteiger partial charge >= 0.3 is 0 Å². The van der Waals surface area contributed by atoms with Crippen molar-refractivity contribution < 1.29 is 4.79 Å². The molecule has 3 rings (SSSR count). The third kappa shape index (κ3) is 2.06. The lowest BCUT2D eigenvalue weighted by Crippen LogP contribution is -2.70. The smallest absolute Gasteiger partial charge is 0.272 e. The van der Waals surface area contributed by atoms with E-state index in [0.717, 1.165) is 18.7 Å². The minimum Gasteiger partial charge on any atom is -0.333 e. The number of hydrogen-bond donors (Lipinski definition) is 1. The molecule has 19 heavy (non-hydrogen) atoms. The zero-order chi connectivity index (χ0) is 13.6. The van der Waals surface area contributed by atoms with Crippen LogP contribution in [0.5, 0.6) is 0 Å². The first-order chi connectivity index (χ1) is 9.07. The van der Waals surface area contributed by atoms with Gasteiger partial charge in [0.05, 0.1) is 11.2 Å². The van der Waals surface area contributed by atoms with Crippen LogP contribution in [0.4, 0.5) is 0 Å². The largest absolute Gasteiger partial charge is 0.333 e. The number of carbonyl (C=O) groups is 1. The molecule has 1 aromatic heterocycles. The minimum absolute atomic E-state index is 0.0794. The molecular weight excluding hydrogens is 240 g/mol. The maximum atomic E-state index is 12.5. The van der Waals surface area contributed by atoms with Gasteiger partial charge in [0.1, 0.15) is 5.69 Å². The Balaban J connectivity index is 1.72. The molecule has 1 aliphatic carbocycles. The van der Waals surface area contributed by atoms with E-state index in [1.165, 1.54) is 12.8 Å². The van der Waals surface area contributed by atoms with Crippen molar-refractivity contribution in [3.8, 4) is 0 Å². The zero-order valence-corrected chi connectivity index (χ0v) is 11.7. The van der Waals surface area contributed by atoms with Crippen molar-refractivity contribution in [3.05, 3.63) is 17.5 Å². The number of carbonyl (C=O) groups excluding carboxylic acids is 1. The predicted molar refractivity (Wildman–Crippen MR) is 72.8 cm³/mol. The number of nitrogens with zero attached hydrogens (tertiary/aromatic N) is 3. The fraction of sp³-hybridized carbons (Fsp3) is 0.714. The molecular formula is C14H22N4O. The average molecular weight is 262 g/mol. The Labute approximate surface area is 113 Å². The Morgan fingerprint density at radius 1 is 1.47 bits per heavy atom. The van der Waals surface area contributed by atoms with Crippen molar-refractivity contribution in [2.24, 2.45) is 11.7 Å². The first kappa shape index (κ1) is 12.7. The number of rotatable bonds is 4. The molecule has 104 valence electrons. The molecule has 2 heterocycles. The van der Waals surface area contributed by atoms with Gasteiger partial charge in [-0.05, 0) is 38.2 Å². The van der Waals surface area contributed by atoms with Gasteiger partial charge in [-0.2, -0.15) is 5.10 Å². The van der Waals surface area contributed by atoms with Crippen molar-refractivity contribution in [1.29, 1.82) is 0 Å². The second kappa shape index (κ2) is 4.34. The number of hydrogen-bond acceptors (Lipinski definition) is 3. The highest BCUT2D eigenvalue weighted by Crippen LogP contribution is 2.43. The van der Waals surface area contributed by atoms with Crippen LogP contribution in [-0.2, 0) is 13.0 Å². The Morgan fingerprint density at radius 3 is 2.68 bits per heavy atom. The van der Waals surface area contributed by atoms with Crippen molar-refractivity contribution in [3.63, 3.8) is 0 Å². The lowest BCUT2D eigenvalue weighted by Gasteiger charge is -2.48. The van der Waals surface area contributed by atoms with Crippen LogP contribution in [0, 0.1) is 5.92 Å². The molecule has 0 bridgehead atoms. The van der Waals surface area contributed by atoms with Crippen LogP contribution in [0.1, 0.15) is 42.9 Å². The first-order valence-corrected chi connectivity index (χ1v) is 7.22. The van der Waals surface area contributed by atoms with Gasteiger partial charge in [0.2, 0.25) is 0 Å². The van der Waals surface area contributed by atoms with Crippen LogP contribution < -0.4 is 5.73 Å². The highest BCUT2D eigenvalue weighted by Gasteiger charge is 2.52. The van der Waals surface area contributed by atoms with E-state index in [1.54, 1.807) is 4.68 Å². The lowest BCUT2D eigenvalue weighted by molar-refractivity contribution is 0.0339. The van der Waals surface area contributed by atoms with Crippen molar-refractivity contribution in [1.82, 2.24) is 14.7 Å². The fourth-order valence-electron chi connectivity index (χ4n) is 2.94. The SMILES string of the molecule is CCc1cc(C(=O)N2CC(N)(C3CC3)C2)n(CC)n1. The van der Waals surface area contributed by atoms with E-state index in [4.69, 9.17) is 5.73 Å². The zero-order valence-electron chi connectivity index (χ0n) is 11.7. The van der Waals surface area contributed by atoms with Crippen LogP contribution in [0.25, 0.3) is 0 Å². The maximum absolute atomic E-state index is 12.5. The molecule has 0 spiro atoms. The third-order valence-corrected chi connectivity index (χ3v) is 4.36. The molecule has 1 saturated heterocycles. The molecule has 5 nitrogen and oxygen atoms in total. The van der Waals surface area contributed by atoms with Gasteiger partial charge in [-0.1, -0.05) is 6.92 Å². The molecule has 0 atom stereocenters. The number of nitrogens with two attached hydrogens (primary N) is 1. The molecule has 2 aliphatic rings. The van der Waals surface area contributed by atoms with Crippen LogP contribution in [0.3, 0.4) is 0 Å². The van der Waals surface area contributed by atoms with Gasteiger partial charge in [0.25, 0.3) is 5.91 Å². The van der Waals surface area contributed by atoms with E-state index in [0.29, 0.717) is 24.7 Å². The Morgan fingerprint density at radius 2 is 2.16 bits per heavy atom. The molecule has 1 aliphatic heterocycles. The second-order valence-electron chi connectivity index (χ2n) is 5.86. The molecule has 1 amide bonds. The molecule has 0 unspecified atom stereocenters. The summed E-state index contributed by atoms with van der Waals surface area (Å²) in [6.45, 7) is 6.19. The Hall–Kier alpha value is -1.36. The monoisotopic (exact) mass is 262 g/mol. The van der Waals surface area contributed by atoms with Crippen LogP contribution in [-0.4, -0.2) is 39.2 Å². The van der Waals surface area contributed by atoms with E-state index in [-0.39, 0.29) is 11.4 Å². The van der Waals surface area contributed by atoms with E-state index in [2.05, 4.69) is 12.0 Å². The summed E-state index contributed by atoms with van der Waals surface area (Å²) in [6.07, 6.45) is 3.31. The van der Waals surface area contributed by atoms with Gasteiger partial charge in [-0.3, -0.25) is 9.48 Å². The quantitative estimate of drug-likeness (QED) is 0.881. The van der Waals surface area contributed by atoms with E-state index in [1.807, 2.05) is 17.9 Å². The van der Waals surface area contributed by atoms with E-state index >= 15 is 0 Å². The summed E-state index contributed by atoms with van der Waals surface area (Å²) >= 11 is 0. The number of likely N-dealkylation sites (tertiary alicyclic amines) is 1. The highest BCUT2D eigenvalue weighted by atomic mass is 16.2. The summed E-state index contributed by atoms with van der Waals surface area (Å²) in [5.41, 5.74) is 7.87. The second-order valence-corrected chi connectivity index (χ2v) is 5.86. The fourth-order valence-corrected chi connectivity index (χ4v) is 2.94. The van der Waals surface area contributed by atoms with Crippen LogP contribution in [0.2, 0.25) is 0 Å². The van der Waals surface area contributed by atoms with Gasteiger partial charge in [0, 0.05) is 19.6 Å². The van der Waals surface area contributed by atoms with Crippen LogP contribution >= 0.6 is 0 Å². The summed E-state index contributed by atoms with van der Waals surface area (Å²) in [7, 11) is 0. The third-order valence-electron chi connectivity index (χ3n) is 4.36. The number of aromatic nitrogens is 2. The molecule has 0 aromatic carbocycles. The molecule has 5 heteroatoms. The topological polar surface area (TPSA) is 64.2 Å². The van der Waals surface area contributed by atoms with Crippen LogP contribution in [0.15, 0.2) is 6.07 Å². The normalized spacial score (nSPS) is 21.3. The maximum Gasteiger partial charge on any atom is 0.272 e. The Bertz CT molecular complexity index is 498. The van der Waals surface area contributed by atoms with Gasteiger partial charge in [0.15, 0.2) is 0 Å². The van der Waals surface area contributed by atoms with Crippen molar-refractivity contribution in [2.45, 2.75) is 45.2 Å². The van der Waals surface area contributed by atoms with Gasteiger partial charge in [-0.15, -0.1) is 0 Å². The highest BCUT2D eigenvalue weighted by molar-refractivity contribution is 5.93. The first-order valence-electron chi connectivity index (χ1n) is 7.22. The summed E-state index contributed by atoms with van der Waals surface area (Å²) in [5.74, 6) is 0.717. The van der Waals surface area contributed by atoms with E-state index in [9.17, 15) is 4.79 Å². The summed E-state index contributed by atoms with van der Waals surface area (Å²) < 4.78 is 1.80. The molecule has 0 radical (unpaired) electrons. The summed E-state index contributed by atoms with van der Waals surface area (Å²) in [4.78, 5) is 14.3. The van der Waals surface area contributed by atoms with E-state index < -0.39 is 0 Å². The number of aryl methyl sites for hydroxylation is 2. The standard InChI is InChI=1S/C14H22N4O/c1-3-11-7-12(18(4-2)16-11)13(19)17-8-14(15,9-17)10-5-6-10/h7,10H,3-6,8-9,15H2,1-2H3. The predicted octanol–water partition coefficient (Wildman–Crippen LogP) is 1.03. The molecule has 1 saturated carbocycles. The molecule has 1 aromatic rings. The van der Waals surface area contributed by atoms with Gasteiger partial charge < -0.3 is 10.6 Å². The Kier molecular flexibility index (Phi) is 2.89. The van der Waals surface area contributed by atoms with Gasteiger partial charge in [-0.25, -0.2) is 0 Å².